The number of aliphatic carboxylic acids is 1. The zero-order chi connectivity index (χ0) is 14.7. The minimum atomic E-state index is -0.833. The van der Waals surface area contributed by atoms with E-state index >= 15 is 0 Å². The molecule has 0 saturated carbocycles. The SMILES string of the molecule is CC(=O)O.Cn1c(=O)c2cccnc2c2ccccc21. The Kier molecular flexibility index (Phi) is 3.79. The number of aromatic nitrogens is 2. The molecule has 3 aromatic rings. The van der Waals surface area contributed by atoms with Crippen LogP contribution in [0.15, 0.2) is 47.4 Å². The van der Waals surface area contributed by atoms with Crippen LogP contribution in [-0.4, -0.2) is 20.6 Å². The number of carboxylic acid groups (broad SMARTS) is 1. The molecule has 0 saturated heterocycles. The first-order valence-electron chi connectivity index (χ1n) is 6.04. The van der Waals surface area contributed by atoms with Crippen molar-refractivity contribution in [2.75, 3.05) is 0 Å². The van der Waals surface area contributed by atoms with Gasteiger partial charge < -0.3 is 9.67 Å². The van der Waals surface area contributed by atoms with Gasteiger partial charge in [-0.3, -0.25) is 14.6 Å². The van der Waals surface area contributed by atoms with Crippen molar-refractivity contribution in [3.63, 3.8) is 0 Å². The number of para-hydroxylation sites is 1. The normalized spacial score (nSPS) is 10.1. The maximum absolute atomic E-state index is 12.1. The highest BCUT2D eigenvalue weighted by Gasteiger charge is 2.07. The van der Waals surface area contributed by atoms with E-state index in [1.165, 1.54) is 0 Å². The van der Waals surface area contributed by atoms with Crippen LogP contribution >= 0.6 is 0 Å². The van der Waals surface area contributed by atoms with Gasteiger partial charge in [-0.1, -0.05) is 18.2 Å². The van der Waals surface area contributed by atoms with Gasteiger partial charge in [0.05, 0.1) is 16.4 Å². The van der Waals surface area contributed by atoms with Crippen molar-refractivity contribution in [3.05, 3.63) is 52.9 Å². The highest BCUT2D eigenvalue weighted by Crippen LogP contribution is 2.19. The van der Waals surface area contributed by atoms with E-state index in [1.807, 2.05) is 30.3 Å². The summed E-state index contributed by atoms with van der Waals surface area (Å²) in [6.07, 6.45) is 1.72. The molecule has 0 spiro atoms. The standard InChI is InChI=1S/C13H10N2O.C2H4O2/c1-15-11-7-3-2-5-9(11)12-10(13(15)16)6-4-8-14-12;1-2(3)4/h2-8H,1H3;1H3,(H,3,4). The van der Waals surface area contributed by atoms with Gasteiger partial charge in [-0.25, -0.2) is 0 Å². The summed E-state index contributed by atoms with van der Waals surface area (Å²) < 4.78 is 1.67. The van der Waals surface area contributed by atoms with Gasteiger partial charge in [-0.05, 0) is 18.2 Å². The van der Waals surface area contributed by atoms with Crippen molar-refractivity contribution in [3.8, 4) is 0 Å². The van der Waals surface area contributed by atoms with E-state index in [4.69, 9.17) is 9.90 Å². The molecule has 0 aliphatic rings. The van der Waals surface area contributed by atoms with E-state index in [0.717, 1.165) is 23.3 Å². The van der Waals surface area contributed by atoms with Gasteiger partial charge in [0.15, 0.2) is 0 Å². The smallest absolute Gasteiger partial charge is 0.300 e. The molecule has 20 heavy (non-hydrogen) atoms. The van der Waals surface area contributed by atoms with Gasteiger partial charge in [-0.15, -0.1) is 0 Å². The summed E-state index contributed by atoms with van der Waals surface area (Å²) in [6.45, 7) is 1.08. The summed E-state index contributed by atoms with van der Waals surface area (Å²) in [6, 6.07) is 11.4. The number of nitrogens with zero attached hydrogens (tertiary/aromatic N) is 2. The summed E-state index contributed by atoms with van der Waals surface area (Å²) in [5.74, 6) is -0.833. The first kappa shape index (κ1) is 13.7. The van der Waals surface area contributed by atoms with Gasteiger partial charge in [0.1, 0.15) is 0 Å². The fourth-order valence-electron chi connectivity index (χ4n) is 2.05. The molecule has 0 aliphatic carbocycles. The van der Waals surface area contributed by atoms with Crippen LogP contribution in [0.2, 0.25) is 0 Å². The zero-order valence-corrected chi connectivity index (χ0v) is 11.2. The Hall–Kier alpha value is -2.69. The van der Waals surface area contributed by atoms with E-state index in [2.05, 4.69) is 4.98 Å². The van der Waals surface area contributed by atoms with Gasteiger partial charge in [0, 0.05) is 25.6 Å². The van der Waals surface area contributed by atoms with Gasteiger partial charge >= 0.3 is 0 Å². The highest BCUT2D eigenvalue weighted by atomic mass is 16.4. The van der Waals surface area contributed by atoms with Crippen molar-refractivity contribution in [1.82, 2.24) is 9.55 Å². The van der Waals surface area contributed by atoms with Crippen molar-refractivity contribution in [2.45, 2.75) is 6.92 Å². The second-order valence-electron chi connectivity index (χ2n) is 4.30. The maximum atomic E-state index is 12.1. The molecule has 0 atom stereocenters. The number of hydrogen-bond donors (Lipinski definition) is 1. The van der Waals surface area contributed by atoms with E-state index in [9.17, 15) is 4.79 Å². The molecule has 0 unspecified atom stereocenters. The molecule has 3 rings (SSSR count). The molecule has 0 aliphatic heterocycles. The van der Waals surface area contributed by atoms with Crippen LogP contribution in [0, 0.1) is 0 Å². The number of fused-ring (bicyclic) bond motifs is 3. The average Bonchev–Trinajstić information content (AvgIpc) is 2.44. The third-order valence-corrected chi connectivity index (χ3v) is 2.86. The first-order valence-corrected chi connectivity index (χ1v) is 6.04. The lowest BCUT2D eigenvalue weighted by atomic mass is 10.1. The summed E-state index contributed by atoms with van der Waals surface area (Å²) >= 11 is 0. The van der Waals surface area contributed by atoms with Crippen molar-refractivity contribution >= 4 is 27.8 Å². The third kappa shape index (κ3) is 2.51. The topological polar surface area (TPSA) is 72.2 Å². The Morgan fingerprint density at radius 3 is 2.45 bits per heavy atom. The number of aryl methyl sites for hydroxylation is 1. The number of pyridine rings is 2. The summed E-state index contributed by atoms with van der Waals surface area (Å²) in [7, 11) is 1.79. The first-order chi connectivity index (χ1) is 9.52. The van der Waals surface area contributed by atoms with Crippen molar-refractivity contribution in [2.24, 2.45) is 7.05 Å². The summed E-state index contributed by atoms with van der Waals surface area (Å²) in [5, 5.41) is 9.10. The van der Waals surface area contributed by atoms with Gasteiger partial charge in [0.2, 0.25) is 0 Å². The lowest BCUT2D eigenvalue weighted by Gasteiger charge is -2.07. The van der Waals surface area contributed by atoms with E-state index < -0.39 is 5.97 Å². The molecule has 102 valence electrons. The van der Waals surface area contributed by atoms with E-state index in [-0.39, 0.29) is 5.56 Å². The quantitative estimate of drug-likeness (QED) is 0.635. The minimum absolute atomic E-state index is 0.00167. The Bertz CT molecular complexity index is 833. The maximum Gasteiger partial charge on any atom is 0.300 e. The van der Waals surface area contributed by atoms with Crippen molar-refractivity contribution in [1.29, 1.82) is 0 Å². The van der Waals surface area contributed by atoms with Crippen LogP contribution in [-0.2, 0) is 11.8 Å². The fourth-order valence-corrected chi connectivity index (χ4v) is 2.05. The largest absolute Gasteiger partial charge is 0.481 e. The van der Waals surface area contributed by atoms with Gasteiger partial charge in [-0.2, -0.15) is 0 Å². The molecule has 0 fully saturated rings. The average molecular weight is 270 g/mol. The molecule has 1 N–H and O–H groups in total. The number of hydrogen-bond acceptors (Lipinski definition) is 3. The molecule has 0 bridgehead atoms. The molecule has 0 radical (unpaired) electrons. The number of benzene rings is 1. The lowest BCUT2D eigenvalue weighted by molar-refractivity contribution is -0.134. The summed E-state index contributed by atoms with van der Waals surface area (Å²) in [5.41, 5.74) is 1.70. The van der Waals surface area contributed by atoms with E-state index in [0.29, 0.717) is 5.39 Å². The highest BCUT2D eigenvalue weighted by molar-refractivity contribution is 6.02. The minimum Gasteiger partial charge on any atom is -0.481 e. The van der Waals surface area contributed by atoms with Crippen molar-refractivity contribution < 1.29 is 9.90 Å². The lowest BCUT2D eigenvalue weighted by Crippen LogP contribution is -2.17. The number of carbonyl (C=O) groups is 1. The Labute approximate surface area is 115 Å². The Morgan fingerprint density at radius 2 is 1.75 bits per heavy atom. The molecular weight excluding hydrogens is 256 g/mol. The molecule has 1 aromatic carbocycles. The number of carboxylic acids is 1. The van der Waals surface area contributed by atoms with Crippen LogP contribution in [0.1, 0.15) is 6.92 Å². The fraction of sp³-hybridized carbons (Fsp3) is 0.133. The molecule has 5 heteroatoms. The third-order valence-electron chi connectivity index (χ3n) is 2.86. The molecule has 0 amide bonds. The predicted octanol–water partition coefficient (Wildman–Crippen LogP) is 2.18. The summed E-state index contributed by atoms with van der Waals surface area (Å²) in [4.78, 5) is 25.4. The van der Waals surface area contributed by atoms with Crippen LogP contribution in [0.4, 0.5) is 0 Å². The molecule has 5 nitrogen and oxygen atoms in total. The monoisotopic (exact) mass is 270 g/mol. The predicted molar refractivity (Wildman–Crippen MR) is 77.8 cm³/mol. The second kappa shape index (κ2) is 5.52. The van der Waals surface area contributed by atoms with Crippen LogP contribution in [0.3, 0.4) is 0 Å². The molecular formula is C15H14N2O3. The zero-order valence-electron chi connectivity index (χ0n) is 11.2. The Morgan fingerprint density at radius 1 is 1.15 bits per heavy atom. The Balaban J connectivity index is 0.000000328. The molecule has 2 heterocycles. The van der Waals surface area contributed by atoms with E-state index in [1.54, 1.807) is 23.9 Å². The molecule has 2 aromatic heterocycles. The van der Waals surface area contributed by atoms with Crippen LogP contribution < -0.4 is 5.56 Å². The van der Waals surface area contributed by atoms with Crippen LogP contribution in [0.25, 0.3) is 21.8 Å². The van der Waals surface area contributed by atoms with Gasteiger partial charge in [0.25, 0.3) is 11.5 Å². The number of rotatable bonds is 0. The van der Waals surface area contributed by atoms with Crippen LogP contribution in [0.5, 0.6) is 0 Å². The second-order valence-corrected chi connectivity index (χ2v) is 4.30.